The van der Waals surface area contributed by atoms with Gasteiger partial charge < -0.3 is 10.0 Å². The standard InChI is InChI=1S/C19H24N2O2S/c1-13-3-4-16(11-22)10-21(13)19(23)9-15-5-7-17(8-6-15)18-12-24-14(2)20-18/h5-8,12-13,16,22H,3-4,9-11H2,1-2H3. The maximum absolute atomic E-state index is 12.6. The van der Waals surface area contributed by atoms with E-state index in [1.54, 1.807) is 11.3 Å². The minimum absolute atomic E-state index is 0.151. The van der Waals surface area contributed by atoms with Crippen molar-refractivity contribution in [3.8, 4) is 11.3 Å². The number of benzene rings is 1. The maximum Gasteiger partial charge on any atom is 0.227 e. The molecule has 2 aromatic rings. The Labute approximate surface area is 147 Å². The molecule has 24 heavy (non-hydrogen) atoms. The van der Waals surface area contributed by atoms with Crippen molar-refractivity contribution >= 4 is 17.2 Å². The van der Waals surface area contributed by atoms with Gasteiger partial charge in [-0.2, -0.15) is 0 Å². The average molecular weight is 344 g/mol. The molecule has 0 aliphatic carbocycles. The smallest absolute Gasteiger partial charge is 0.227 e. The number of piperidine rings is 1. The molecule has 128 valence electrons. The van der Waals surface area contributed by atoms with Crippen LogP contribution in [0.3, 0.4) is 0 Å². The van der Waals surface area contributed by atoms with Crippen LogP contribution >= 0.6 is 11.3 Å². The molecule has 0 radical (unpaired) electrons. The van der Waals surface area contributed by atoms with Gasteiger partial charge in [0, 0.05) is 30.1 Å². The third kappa shape index (κ3) is 3.84. The van der Waals surface area contributed by atoms with Gasteiger partial charge in [-0.25, -0.2) is 4.98 Å². The highest BCUT2D eigenvalue weighted by Crippen LogP contribution is 2.24. The van der Waals surface area contributed by atoms with E-state index in [2.05, 4.69) is 17.3 Å². The molecule has 2 unspecified atom stereocenters. The van der Waals surface area contributed by atoms with Crippen LogP contribution in [0.25, 0.3) is 11.3 Å². The van der Waals surface area contributed by atoms with Gasteiger partial charge in [-0.1, -0.05) is 24.3 Å². The van der Waals surface area contributed by atoms with Gasteiger partial charge in [0.05, 0.1) is 17.1 Å². The molecule has 4 nitrogen and oxygen atoms in total. The van der Waals surface area contributed by atoms with Gasteiger partial charge in [0.1, 0.15) is 0 Å². The van der Waals surface area contributed by atoms with Gasteiger partial charge in [-0.05, 0) is 38.2 Å². The van der Waals surface area contributed by atoms with E-state index in [-0.39, 0.29) is 24.5 Å². The molecule has 1 aromatic carbocycles. The molecule has 1 aromatic heterocycles. The number of hydrogen-bond donors (Lipinski definition) is 1. The van der Waals surface area contributed by atoms with Crippen molar-refractivity contribution < 1.29 is 9.90 Å². The summed E-state index contributed by atoms with van der Waals surface area (Å²) in [5, 5.41) is 12.5. The van der Waals surface area contributed by atoms with Crippen LogP contribution in [0.4, 0.5) is 0 Å². The molecule has 1 fully saturated rings. The van der Waals surface area contributed by atoms with Gasteiger partial charge in [-0.3, -0.25) is 4.79 Å². The Morgan fingerprint density at radius 3 is 2.71 bits per heavy atom. The van der Waals surface area contributed by atoms with E-state index in [0.717, 1.165) is 34.7 Å². The summed E-state index contributed by atoms with van der Waals surface area (Å²) < 4.78 is 0. The van der Waals surface area contributed by atoms with Crippen LogP contribution in [0, 0.1) is 12.8 Å². The third-order valence-electron chi connectivity index (χ3n) is 4.78. The molecule has 0 bridgehead atoms. The first-order valence-corrected chi connectivity index (χ1v) is 9.36. The molecule has 1 saturated heterocycles. The lowest BCUT2D eigenvalue weighted by Crippen LogP contribution is -2.46. The topological polar surface area (TPSA) is 53.4 Å². The van der Waals surface area contributed by atoms with Crippen LogP contribution in [-0.4, -0.2) is 40.1 Å². The predicted octanol–water partition coefficient (Wildman–Crippen LogP) is 3.28. The van der Waals surface area contributed by atoms with Crippen molar-refractivity contribution in [2.45, 2.75) is 39.2 Å². The zero-order valence-corrected chi connectivity index (χ0v) is 15.1. The minimum atomic E-state index is 0.151. The Balaban J connectivity index is 1.66. The summed E-state index contributed by atoms with van der Waals surface area (Å²) in [7, 11) is 0. The van der Waals surface area contributed by atoms with E-state index >= 15 is 0 Å². The highest BCUT2D eigenvalue weighted by Gasteiger charge is 2.28. The van der Waals surface area contributed by atoms with Crippen LogP contribution in [0.2, 0.25) is 0 Å². The Morgan fingerprint density at radius 2 is 2.08 bits per heavy atom. The summed E-state index contributed by atoms with van der Waals surface area (Å²) in [4.78, 5) is 19.1. The van der Waals surface area contributed by atoms with Crippen LogP contribution < -0.4 is 0 Å². The molecular weight excluding hydrogens is 320 g/mol. The highest BCUT2D eigenvalue weighted by molar-refractivity contribution is 7.09. The zero-order valence-electron chi connectivity index (χ0n) is 14.2. The second-order valence-electron chi connectivity index (χ2n) is 6.65. The second kappa shape index (κ2) is 7.45. The van der Waals surface area contributed by atoms with Crippen LogP contribution in [-0.2, 0) is 11.2 Å². The summed E-state index contributed by atoms with van der Waals surface area (Å²) in [5.41, 5.74) is 3.10. The lowest BCUT2D eigenvalue weighted by molar-refractivity contribution is -0.135. The first-order chi connectivity index (χ1) is 11.6. The molecular formula is C19H24N2O2S. The van der Waals surface area contributed by atoms with Crippen molar-refractivity contribution in [3.05, 3.63) is 40.2 Å². The summed E-state index contributed by atoms with van der Waals surface area (Å²) >= 11 is 1.64. The summed E-state index contributed by atoms with van der Waals surface area (Å²) in [6.07, 6.45) is 2.39. The van der Waals surface area contributed by atoms with E-state index in [4.69, 9.17) is 0 Å². The molecule has 1 amide bonds. The number of rotatable bonds is 4. The van der Waals surface area contributed by atoms with Crippen LogP contribution in [0.5, 0.6) is 0 Å². The molecule has 2 atom stereocenters. The summed E-state index contributed by atoms with van der Waals surface area (Å²) in [5.74, 6) is 0.373. The molecule has 1 aliphatic rings. The number of aliphatic hydroxyl groups excluding tert-OH is 1. The van der Waals surface area contributed by atoms with E-state index < -0.39 is 0 Å². The molecule has 1 N–H and O–H groups in total. The number of carbonyl (C=O) groups excluding carboxylic acids is 1. The second-order valence-corrected chi connectivity index (χ2v) is 7.71. The van der Waals surface area contributed by atoms with Crippen LogP contribution in [0.1, 0.15) is 30.3 Å². The van der Waals surface area contributed by atoms with E-state index in [1.807, 2.05) is 36.1 Å². The monoisotopic (exact) mass is 344 g/mol. The minimum Gasteiger partial charge on any atom is -0.396 e. The van der Waals surface area contributed by atoms with Crippen molar-refractivity contribution in [1.82, 2.24) is 9.88 Å². The lowest BCUT2D eigenvalue weighted by atomic mass is 9.93. The van der Waals surface area contributed by atoms with E-state index in [1.165, 1.54) is 0 Å². The number of hydrogen-bond acceptors (Lipinski definition) is 4. The van der Waals surface area contributed by atoms with E-state index in [9.17, 15) is 9.90 Å². The van der Waals surface area contributed by atoms with Crippen molar-refractivity contribution in [2.24, 2.45) is 5.92 Å². The molecule has 2 heterocycles. The molecule has 5 heteroatoms. The summed E-state index contributed by atoms with van der Waals surface area (Å²) in [6, 6.07) is 8.36. The van der Waals surface area contributed by atoms with Crippen molar-refractivity contribution in [3.63, 3.8) is 0 Å². The Kier molecular flexibility index (Phi) is 5.31. The number of amides is 1. The number of aliphatic hydroxyl groups is 1. The fourth-order valence-electron chi connectivity index (χ4n) is 3.24. The largest absolute Gasteiger partial charge is 0.396 e. The van der Waals surface area contributed by atoms with E-state index in [0.29, 0.717) is 13.0 Å². The number of likely N-dealkylation sites (tertiary alicyclic amines) is 1. The number of carbonyl (C=O) groups is 1. The number of thiazole rings is 1. The van der Waals surface area contributed by atoms with Gasteiger partial charge in [0.25, 0.3) is 0 Å². The van der Waals surface area contributed by atoms with Gasteiger partial charge >= 0.3 is 0 Å². The first-order valence-electron chi connectivity index (χ1n) is 8.48. The lowest BCUT2D eigenvalue weighted by Gasteiger charge is -2.37. The number of aryl methyl sites for hydroxylation is 1. The fourth-order valence-corrected chi connectivity index (χ4v) is 3.87. The van der Waals surface area contributed by atoms with Gasteiger partial charge in [0.15, 0.2) is 0 Å². The third-order valence-corrected chi connectivity index (χ3v) is 5.56. The van der Waals surface area contributed by atoms with Crippen LogP contribution in [0.15, 0.2) is 29.6 Å². The Bertz CT molecular complexity index is 696. The SMILES string of the molecule is Cc1nc(-c2ccc(CC(=O)N3CC(CO)CCC3C)cc2)cs1. The zero-order chi connectivity index (χ0) is 17.1. The van der Waals surface area contributed by atoms with Gasteiger partial charge in [-0.15, -0.1) is 11.3 Å². The highest BCUT2D eigenvalue weighted by atomic mass is 32.1. The Morgan fingerprint density at radius 1 is 1.33 bits per heavy atom. The van der Waals surface area contributed by atoms with Crippen molar-refractivity contribution in [1.29, 1.82) is 0 Å². The summed E-state index contributed by atoms with van der Waals surface area (Å²) in [6.45, 7) is 4.94. The number of nitrogens with zero attached hydrogens (tertiary/aromatic N) is 2. The number of aromatic nitrogens is 1. The molecule has 0 saturated carbocycles. The quantitative estimate of drug-likeness (QED) is 0.926. The average Bonchev–Trinajstić information content (AvgIpc) is 3.02. The maximum atomic E-state index is 12.6. The first kappa shape index (κ1) is 17.1. The molecule has 1 aliphatic heterocycles. The Hall–Kier alpha value is -1.72. The normalized spacial score (nSPS) is 21.0. The molecule has 0 spiro atoms. The van der Waals surface area contributed by atoms with Crippen molar-refractivity contribution in [2.75, 3.05) is 13.2 Å². The fraction of sp³-hybridized carbons (Fsp3) is 0.474. The van der Waals surface area contributed by atoms with Gasteiger partial charge in [0.2, 0.25) is 5.91 Å². The molecule has 3 rings (SSSR count). The predicted molar refractivity (Wildman–Crippen MR) is 97.0 cm³/mol.